The van der Waals surface area contributed by atoms with Gasteiger partial charge in [-0.05, 0) is 13.8 Å². The molecular weight excluding hydrogens is 260 g/mol. The Morgan fingerprint density at radius 2 is 2.05 bits per heavy atom. The second-order valence-electron chi connectivity index (χ2n) is 5.04. The summed E-state index contributed by atoms with van der Waals surface area (Å²) in [7, 11) is 0. The van der Waals surface area contributed by atoms with Gasteiger partial charge in [0, 0.05) is 26.2 Å². The van der Waals surface area contributed by atoms with E-state index in [1.165, 1.54) is 0 Å². The van der Waals surface area contributed by atoms with Crippen LogP contribution < -0.4 is 9.64 Å². The monoisotopic (exact) mass is 280 g/mol. The Labute approximate surface area is 118 Å². The summed E-state index contributed by atoms with van der Waals surface area (Å²) in [6.45, 7) is 6.89. The maximum Gasteiger partial charge on any atom is 0.317 e. The van der Waals surface area contributed by atoms with Crippen LogP contribution in [0.3, 0.4) is 0 Å². The average Bonchev–Trinajstić information content (AvgIpc) is 2.38. The molecule has 1 aliphatic rings. The first-order valence-corrected chi connectivity index (χ1v) is 6.72. The lowest BCUT2D eigenvalue weighted by molar-refractivity contribution is -0.138. The third kappa shape index (κ3) is 4.06. The van der Waals surface area contributed by atoms with Gasteiger partial charge in [-0.1, -0.05) is 0 Å². The largest absolute Gasteiger partial charge is 0.480 e. The molecule has 7 heteroatoms. The zero-order valence-electron chi connectivity index (χ0n) is 11.8. The summed E-state index contributed by atoms with van der Waals surface area (Å²) < 4.78 is 5.53. The first-order chi connectivity index (χ1) is 9.54. The fraction of sp³-hybridized carbons (Fsp3) is 0.615. The van der Waals surface area contributed by atoms with Crippen molar-refractivity contribution in [1.29, 1.82) is 0 Å². The molecular formula is C13H20N4O3. The molecule has 0 bridgehead atoms. The van der Waals surface area contributed by atoms with E-state index in [2.05, 4.69) is 14.9 Å². The Balaban J connectivity index is 1.94. The van der Waals surface area contributed by atoms with Gasteiger partial charge in [0.15, 0.2) is 5.82 Å². The van der Waals surface area contributed by atoms with E-state index < -0.39 is 5.97 Å². The molecule has 0 unspecified atom stereocenters. The highest BCUT2D eigenvalue weighted by Crippen LogP contribution is 2.16. The van der Waals surface area contributed by atoms with E-state index in [1.807, 2.05) is 18.7 Å². The molecule has 1 fully saturated rings. The molecule has 7 nitrogen and oxygen atoms in total. The van der Waals surface area contributed by atoms with Gasteiger partial charge in [-0.3, -0.25) is 14.7 Å². The van der Waals surface area contributed by atoms with Crippen molar-refractivity contribution in [2.45, 2.75) is 20.0 Å². The first-order valence-electron chi connectivity index (χ1n) is 6.72. The lowest BCUT2D eigenvalue weighted by atomic mass is 10.3. The number of aliphatic carboxylic acids is 1. The van der Waals surface area contributed by atoms with Crippen LogP contribution in [0.15, 0.2) is 12.4 Å². The molecule has 1 aliphatic heterocycles. The molecule has 1 aromatic heterocycles. The van der Waals surface area contributed by atoms with Gasteiger partial charge in [0.2, 0.25) is 5.88 Å². The quantitative estimate of drug-likeness (QED) is 0.840. The third-order valence-electron chi connectivity index (χ3n) is 3.01. The van der Waals surface area contributed by atoms with E-state index in [0.29, 0.717) is 19.0 Å². The van der Waals surface area contributed by atoms with Crippen molar-refractivity contribution in [3.63, 3.8) is 0 Å². The Morgan fingerprint density at radius 3 is 2.65 bits per heavy atom. The van der Waals surface area contributed by atoms with Gasteiger partial charge < -0.3 is 14.7 Å². The van der Waals surface area contributed by atoms with E-state index in [9.17, 15) is 4.79 Å². The normalized spacial score (nSPS) is 16.4. The van der Waals surface area contributed by atoms with Crippen LogP contribution in [0.5, 0.6) is 5.88 Å². The Morgan fingerprint density at radius 1 is 1.35 bits per heavy atom. The lowest BCUT2D eigenvalue weighted by Gasteiger charge is -2.34. The van der Waals surface area contributed by atoms with Crippen LogP contribution in [0.4, 0.5) is 5.82 Å². The fourth-order valence-corrected chi connectivity index (χ4v) is 2.12. The molecule has 0 aliphatic carbocycles. The number of anilines is 1. The lowest BCUT2D eigenvalue weighted by Crippen LogP contribution is -2.48. The van der Waals surface area contributed by atoms with Crippen LogP contribution in [0.1, 0.15) is 13.8 Å². The van der Waals surface area contributed by atoms with Crippen molar-refractivity contribution in [2.24, 2.45) is 0 Å². The molecule has 0 amide bonds. The smallest absolute Gasteiger partial charge is 0.317 e. The zero-order chi connectivity index (χ0) is 14.5. The van der Waals surface area contributed by atoms with Gasteiger partial charge in [-0.2, -0.15) is 4.98 Å². The number of aromatic nitrogens is 2. The standard InChI is InChI=1S/C13H20N4O3/c1-10(2)20-12-8-14-7-11(15-12)17-5-3-16(4-6-17)9-13(18)19/h7-8,10H,3-6,9H2,1-2H3,(H,18,19). The van der Waals surface area contributed by atoms with E-state index in [1.54, 1.807) is 12.4 Å². The SMILES string of the molecule is CC(C)Oc1cncc(N2CCN(CC(=O)O)CC2)n1. The van der Waals surface area contributed by atoms with Gasteiger partial charge in [-0.15, -0.1) is 0 Å². The summed E-state index contributed by atoms with van der Waals surface area (Å²) >= 11 is 0. The van der Waals surface area contributed by atoms with Crippen LogP contribution in [-0.2, 0) is 4.79 Å². The van der Waals surface area contributed by atoms with Crippen molar-refractivity contribution >= 4 is 11.8 Å². The van der Waals surface area contributed by atoms with Gasteiger partial charge in [0.25, 0.3) is 0 Å². The number of hydrogen-bond acceptors (Lipinski definition) is 6. The van der Waals surface area contributed by atoms with Crippen LogP contribution >= 0.6 is 0 Å². The molecule has 1 aromatic rings. The maximum absolute atomic E-state index is 10.7. The van der Waals surface area contributed by atoms with Gasteiger partial charge in [0.1, 0.15) is 0 Å². The van der Waals surface area contributed by atoms with Crippen molar-refractivity contribution in [3.05, 3.63) is 12.4 Å². The number of piperazine rings is 1. The predicted octanol–water partition coefficient (Wildman–Crippen LogP) is 0.470. The maximum atomic E-state index is 10.7. The summed E-state index contributed by atoms with van der Waals surface area (Å²) in [5.74, 6) is 0.508. The predicted molar refractivity (Wildman–Crippen MR) is 74.1 cm³/mol. The Kier molecular flexibility index (Phi) is 4.73. The van der Waals surface area contributed by atoms with Gasteiger partial charge >= 0.3 is 5.97 Å². The highest BCUT2D eigenvalue weighted by molar-refractivity contribution is 5.69. The molecule has 20 heavy (non-hydrogen) atoms. The minimum atomic E-state index is -0.787. The number of ether oxygens (including phenoxy) is 1. The zero-order valence-corrected chi connectivity index (χ0v) is 11.8. The van der Waals surface area contributed by atoms with Crippen molar-refractivity contribution in [1.82, 2.24) is 14.9 Å². The number of hydrogen-bond donors (Lipinski definition) is 1. The Bertz CT molecular complexity index is 459. The summed E-state index contributed by atoms with van der Waals surface area (Å²) in [5.41, 5.74) is 0. The van der Waals surface area contributed by atoms with E-state index in [-0.39, 0.29) is 12.6 Å². The van der Waals surface area contributed by atoms with Crippen LogP contribution in [0.25, 0.3) is 0 Å². The molecule has 2 rings (SSSR count). The van der Waals surface area contributed by atoms with E-state index >= 15 is 0 Å². The summed E-state index contributed by atoms with van der Waals surface area (Å²) in [4.78, 5) is 23.3. The summed E-state index contributed by atoms with van der Waals surface area (Å²) in [6, 6.07) is 0. The molecule has 0 saturated carbocycles. The van der Waals surface area contributed by atoms with Crippen molar-refractivity contribution in [2.75, 3.05) is 37.6 Å². The molecule has 1 N–H and O–H groups in total. The molecule has 0 radical (unpaired) electrons. The highest BCUT2D eigenvalue weighted by Gasteiger charge is 2.20. The topological polar surface area (TPSA) is 78.8 Å². The second kappa shape index (κ2) is 6.51. The molecule has 1 saturated heterocycles. The van der Waals surface area contributed by atoms with Crippen LogP contribution in [-0.4, -0.2) is 64.8 Å². The number of nitrogens with zero attached hydrogens (tertiary/aromatic N) is 4. The molecule has 0 aromatic carbocycles. The number of carboxylic acid groups (broad SMARTS) is 1. The number of rotatable bonds is 5. The van der Waals surface area contributed by atoms with Crippen molar-refractivity contribution in [3.8, 4) is 5.88 Å². The minimum Gasteiger partial charge on any atom is -0.480 e. The van der Waals surface area contributed by atoms with Gasteiger partial charge in [0.05, 0.1) is 25.0 Å². The Hall–Kier alpha value is -1.89. The summed E-state index contributed by atoms with van der Waals surface area (Å²) in [5, 5.41) is 8.77. The fourth-order valence-electron chi connectivity index (χ4n) is 2.12. The summed E-state index contributed by atoms with van der Waals surface area (Å²) in [6.07, 6.45) is 3.37. The molecule has 0 spiro atoms. The van der Waals surface area contributed by atoms with Crippen LogP contribution in [0, 0.1) is 0 Å². The van der Waals surface area contributed by atoms with E-state index in [0.717, 1.165) is 18.9 Å². The molecule has 0 atom stereocenters. The second-order valence-corrected chi connectivity index (χ2v) is 5.04. The minimum absolute atomic E-state index is 0.0620. The first kappa shape index (κ1) is 14.5. The molecule has 2 heterocycles. The number of carbonyl (C=O) groups is 1. The van der Waals surface area contributed by atoms with Crippen molar-refractivity contribution < 1.29 is 14.6 Å². The molecule has 110 valence electrons. The average molecular weight is 280 g/mol. The highest BCUT2D eigenvalue weighted by atomic mass is 16.5. The third-order valence-corrected chi connectivity index (χ3v) is 3.01. The van der Waals surface area contributed by atoms with E-state index in [4.69, 9.17) is 9.84 Å². The van der Waals surface area contributed by atoms with Crippen LogP contribution in [0.2, 0.25) is 0 Å². The number of carboxylic acids is 1. The van der Waals surface area contributed by atoms with Gasteiger partial charge in [-0.25, -0.2) is 0 Å².